The molecule has 0 saturated carbocycles. The number of carbonyl (C=O) groups excluding carboxylic acids is 1. The molecule has 1 aromatic carbocycles. The van der Waals surface area contributed by atoms with E-state index in [2.05, 4.69) is 10.3 Å². The summed E-state index contributed by atoms with van der Waals surface area (Å²) >= 11 is 0. The molecule has 5 nitrogen and oxygen atoms in total. The van der Waals surface area contributed by atoms with Crippen LogP contribution in [0.5, 0.6) is 0 Å². The van der Waals surface area contributed by atoms with Gasteiger partial charge in [0.25, 0.3) is 6.01 Å². The van der Waals surface area contributed by atoms with E-state index in [9.17, 15) is 4.79 Å². The summed E-state index contributed by atoms with van der Waals surface area (Å²) in [7, 11) is 0. The van der Waals surface area contributed by atoms with E-state index >= 15 is 0 Å². The van der Waals surface area contributed by atoms with Gasteiger partial charge < -0.3 is 14.6 Å². The van der Waals surface area contributed by atoms with Gasteiger partial charge in [-0.1, -0.05) is 12.1 Å². The number of nitrogens with zero attached hydrogens (tertiary/aromatic N) is 2. The smallest absolute Gasteiger partial charge is 0.295 e. The molecule has 0 spiro atoms. The maximum Gasteiger partial charge on any atom is 0.295 e. The minimum absolute atomic E-state index is 0.0722. The highest BCUT2D eigenvalue weighted by Crippen LogP contribution is 2.22. The van der Waals surface area contributed by atoms with Crippen LogP contribution in [-0.4, -0.2) is 34.4 Å². The van der Waals surface area contributed by atoms with Gasteiger partial charge in [-0.3, -0.25) is 4.79 Å². The molecule has 1 atom stereocenters. The minimum atomic E-state index is 0.0722. The predicted octanol–water partition coefficient (Wildman–Crippen LogP) is 2.25. The second-order valence-corrected chi connectivity index (χ2v) is 5.17. The van der Waals surface area contributed by atoms with Crippen molar-refractivity contribution >= 4 is 23.0 Å². The van der Waals surface area contributed by atoms with Crippen molar-refractivity contribution < 1.29 is 9.21 Å². The Hall–Kier alpha value is -2.04. The van der Waals surface area contributed by atoms with Crippen LogP contribution in [0.25, 0.3) is 11.1 Å². The van der Waals surface area contributed by atoms with Crippen molar-refractivity contribution in [3.05, 3.63) is 24.3 Å². The number of oxazole rings is 1. The minimum Gasteiger partial charge on any atom is -0.424 e. The number of carbonyl (C=O) groups is 1. The van der Waals surface area contributed by atoms with Crippen molar-refractivity contribution in [2.24, 2.45) is 0 Å². The van der Waals surface area contributed by atoms with Crippen LogP contribution >= 0.6 is 0 Å². The quantitative estimate of drug-likeness (QED) is 0.918. The van der Waals surface area contributed by atoms with Crippen molar-refractivity contribution in [1.29, 1.82) is 0 Å². The van der Waals surface area contributed by atoms with Crippen molar-refractivity contribution in [3.63, 3.8) is 0 Å². The number of anilines is 1. The van der Waals surface area contributed by atoms with Gasteiger partial charge in [0.15, 0.2) is 5.58 Å². The van der Waals surface area contributed by atoms with E-state index in [1.54, 1.807) is 0 Å². The highest BCUT2D eigenvalue weighted by Gasteiger charge is 2.31. The van der Waals surface area contributed by atoms with Crippen molar-refractivity contribution in [2.75, 3.05) is 11.9 Å². The highest BCUT2D eigenvalue weighted by molar-refractivity contribution is 5.80. The van der Waals surface area contributed by atoms with Crippen molar-refractivity contribution in [3.8, 4) is 0 Å². The number of nitrogens with one attached hydrogen (secondary N) is 1. The average Bonchev–Trinajstić information content (AvgIpc) is 2.92. The topological polar surface area (TPSA) is 58.4 Å². The van der Waals surface area contributed by atoms with Crippen molar-refractivity contribution in [2.45, 2.75) is 32.4 Å². The van der Waals surface area contributed by atoms with Crippen LogP contribution in [0.3, 0.4) is 0 Å². The standard InChI is InChI=1S/C14H17N3O2/c1-9(2)17-8-10(7-13(17)18)15-14-16-11-5-3-4-6-12(11)19-14/h3-6,9-10H,7-8H2,1-2H3,(H,15,16). The van der Waals surface area contributed by atoms with Crippen molar-refractivity contribution in [1.82, 2.24) is 9.88 Å². The summed E-state index contributed by atoms with van der Waals surface area (Å²) in [5, 5.41) is 3.21. The van der Waals surface area contributed by atoms with E-state index in [0.29, 0.717) is 19.0 Å². The molecule has 5 heteroatoms. The maximum absolute atomic E-state index is 11.8. The van der Waals surface area contributed by atoms with Crippen LogP contribution in [0.15, 0.2) is 28.7 Å². The summed E-state index contributed by atoms with van der Waals surface area (Å²) in [6.45, 7) is 4.76. The molecule has 1 saturated heterocycles. The molecule has 1 unspecified atom stereocenters. The lowest BCUT2D eigenvalue weighted by Gasteiger charge is -2.20. The lowest BCUT2D eigenvalue weighted by atomic mass is 10.3. The van der Waals surface area contributed by atoms with Gasteiger partial charge in [0, 0.05) is 19.0 Å². The Morgan fingerprint density at radius 2 is 2.21 bits per heavy atom. The molecule has 1 aromatic heterocycles. The van der Waals surface area contributed by atoms with Crippen LogP contribution < -0.4 is 5.32 Å². The normalized spacial score (nSPS) is 19.6. The Balaban J connectivity index is 1.74. The zero-order chi connectivity index (χ0) is 13.4. The molecule has 1 aliphatic rings. The molecule has 1 N–H and O–H groups in total. The first kappa shape index (κ1) is 12.0. The SMILES string of the molecule is CC(C)N1CC(Nc2nc3ccccc3o2)CC1=O. The molecule has 1 fully saturated rings. The average molecular weight is 259 g/mol. The first-order chi connectivity index (χ1) is 9.13. The number of fused-ring (bicyclic) bond motifs is 1. The second-order valence-electron chi connectivity index (χ2n) is 5.17. The Morgan fingerprint density at radius 3 is 2.89 bits per heavy atom. The molecule has 2 aromatic rings. The van der Waals surface area contributed by atoms with E-state index in [-0.39, 0.29) is 18.0 Å². The van der Waals surface area contributed by atoms with Gasteiger partial charge in [-0.25, -0.2) is 0 Å². The molecule has 2 heterocycles. The third kappa shape index (κ3) is 2.28. The fourth-order valence-electron chi connectivity index (χ4n) is 2.44. The Kier molecular flexibility index (Phi) is 2.89. The summed E-state index contributed by atoms with van der Waals surface area (Å²) in [4.78, 5) is 18.1. The highest BCUT2D eigenvalue weighted by atomic mass is 16.4. The largest absolute Gasteiger partial charge is 0.424 e. The molecule has 3 rings (SSSR count). The number of benzene rings is 1. The van der Waals surface area contributed by atoms with Gasteiger partial charge in [0.1, 0.15) is 5.52 Å². The van der Waals surface area contributed by atoms with E-state index in [0.717, 1.165) is 11.1 Å². The van der Waals surface area contributed by atoms with Crippen LogP contribution in [0, 0.1) is 0 Å². The second kappa shape index (κ2) is 4.57. The number of hydrogen-bond donors (Lipinski definition) is 1. The fourth-order valence-corrected chi connectivity index (χ4v) is 2.44. The molecule has 0 aliphatic carbocycles. The number of likely N-dealkylation sites (tertiary alicyclic amines) is 1. The van der Waals surface area contributed by atoms with Crippen LogP contribution in [0.1, 0.15) is 20.3 Å². The third-order valence-electron chi connectivity index (χ3n) is 3.40. The molecular formula is C14H17N3O2. The number of amides is 1. The van der Waals surface area contributed by atoms with E-state index in [1.165, 1.54) is 0 Å². The Bertz CT molecular complexity index is 573. The van der Waals surface area contributed by atoms with Gasteiger partial charge in [0.2, 0.25) is 5.91 Å². The summed E-state index contributed by atoms with van der Waals surface area (Å²) in [6.07, 6.45) is 0.497. The summed E-state index contributed by atoms with van der Waals surface area (Å²) in [6, 6.07) is 8.43. The van der Waals surface area contributed by atoms with E-state index in [4.69, 9.17) is 4.42 Å². The van der Waals surface area contributed by atoms with Gasteiger partial charge in [-0.2, -0.15) is 4.98 Å². The molecule has 1 aliphatic heterocycles. The van der Waals surface area contributed by atoms with Crippen LogP contribution in [-0.2, 0) is 4.79 Å². The van der Waals surface area contributed by atoms with Gasteiger partial charge >= 0.3 is 0 Å². The van der Waals surface area contributed by atoms with Gasteiger partial charge in [-0.05, 0) is 26.0 Å². The maximum atomic E-state index is 11.8. The molecule has 100 valence electrons. The molecule has 19 heavy (non-hydrogen) atoms. The van der Waals surface area contributed by atoms with Crippen LogP contribution in [0.2, 0.25) is 0 Å². The molecule has 0 bridgehead atoms. The number of aromatic nitrogens is 1. The monoisotopic (exact) mass is 259 g/mol. The van der Waals surface area contributed by atoms with E-state index < -0.39 is 0 Å². The lowest BCUT2D eigenvalue weighted by molar-refractivity contribution is -0.129. The van der Waals surface area contributed by atoms with E-state index in [1.807, 2.05) is 43.0 Å². The number of hydrogen-bond acceptors (Lipinski definition) is 4. The summed E-state index contributed by atoms with van der Waals surface area (Å²) in [5.74, 6) is 0.184. The molecular weight excluding hydrogens is 242 g/mol. The summed E-state index contributed by atoms with van der Waals surface area (Å²) < 4.78 is 5.61. The first-order valence-electron chi connectivity index (χ1n) is 6.55. The lowest BCUT2D eigenvalue weighted by Crippen LogP contribution is -2.33. The zero-order valence-corrected chi connectivity index (χ0v) is 11.1. The first-order valence-corrected chi connectivity index (χ1v) is 6.55. The summed E-state index contributed by atoms with van der Waals surface area (Å²) in [5.41, 5.74) is 1.59. The third-order valence-corrected chi connectivity index (χ3v) is 3.40. The van der Waals surface area contributed by atoms with Crippen LogP contribution in [0.4, 0.5) is 6.01 Å². The predicted molar refractivity (Wildman–Crippen MR) is 72.9 cm³/mol. The number of para-hydroxylation sites is 2. The molecule has 0 radical (unpaired) electrons. The van der Waals surface area contributed by atoms with Gasteiger partial charge in [0.05, 0.1) is 6.04 Å². The number of rotatable bonds is 3. The Morgan fingerprint density at radius 1 is 1.42 bits per heavy atom. The fraction of sp³-hybridized carbons (Fsp3) is 0.429. The Labute approximate surface area is 111 Å². The van der Waals surface area contributed by atoms with Gasteiger partial charge in [-0.15, -0.1) is 0 Å². The zero-order valence-electron chi connectivity index (χ0n) is 11.1. The molecule has 1 amide bonds.